The van der Waals surface area contributed by atoms with E-state index in [0.717, 1.165) is 25.2 Å². The highest BCUT2D eigenvalue weighted by molar-refractivity contribution is 5.81. The Labute approximate surface area is 99.2 Å². The number of nitrogens with one attached hydrogen (secondary N) is 1. The van der Waals surface area contributed by atoms with Gasteiger partial charge in [-0.2, -0.15) is 0 Å². The Morgan fingerprint density at radius 1 is 1.19 bits per heavy atom. The number of rotatable bonds is 2. The van der Waals surface area contributed by atoms with Gasteiger partial charge in [-0.1, -0.05) is 27.7 Å². The van der Waals surface area contributed by atoms with Crippen LogP contribution in [0.15, 0.2) is 0 Å². The SMILES string of the molecule is C[C@@H]1C[C@@H](NC(=O)[C@@H]2C[C@H]2C)CC(C)(C)C1. The number of hydrogen-bond acceptors (Lipinski definition) is 1. The molecule has 2 nitrogen and oxygen atoms in total. The van der Waals surface area contributed by atoms with E-state index in [0.29, 0.717) is 29.2 Å². The molecule has 2 fully saturated rings. The van der Waals surface area contributed by atoms with Gasteiger partial charge in [0.2, 0.25) is 5.91 Å². The third-order valence-corrected chi connectivity index (χ3v) is 4.18. The van der Waals surface area contributed by atoms with Crippen LogP contribution in [-0.4, -0.2) is 11.9 Å². The van der Waals surface area contributed by atoms with E-state index in [2.05, 4.69) is 33.0 Å². The minimum absolute atomic E-state index is 0.308. The van der Waals surface area contributed by atoms with E-state index in [1.54, 1.807) is 0 Å². The number of hydrogen-bond donors (Lipinski definition) is 1. The first kappa shape index (κ1) is 11.9. The molecule has 0 saturated heterocycles. The summed E-state index contributed by atoms with van der Waals surface area (Å²) in [4.78, 5) is 11.9. The zero-order chi connectivity index (χ0) is 11.9. The van der Waals surface area contributed by atoms with Crippen LogP contribution in [0.4, 0.5) is 0 Å². The molecule has 2 aliphatic rings. The third-order valence-electron chi connectivity index (χ3n) is 4.18. The van der Waals surface area contributed by atoms with Gasteiger partial charge in [0.1, 0.15) is 0 Å². The summed E-state index contributed by atoms with van der Waals surface area (Å²) in [6, 6.07) is 0.416. The van der Waals surface area contributed by atoms with Crippen LogP contribution in [0.2, 0.25) is 0 Å². The fraction of sp³-hybridized carbons (Fsp3) is 0.929. The summed E-state index contributed by atoms with van der Waals surface area (Å²) < 4.78 is 0. The van der Waals surface area contributed by atoms with Crippen molar-refractivity contribution in [3.63, 3.8) is 0 Å². The first-order chi connectivity index (χ1) is 7.37. The predicted octanol–water partition coefficient (Wildman–Crippen LogP) is 2.97. The molecule has 2 aliphatic carbocycles. The molecule has 0 aromatic rings. The molecule has 0 aromatic carbocycles. The molecule has 4 atom stereocenters. The maximum Gasteiger partial charge on any atom is 0.223 e. The van der Waals surface area contributed by atoms with Crippen LogP contribution < -0.4 is 5.32 Å². The molecule has 2 heteroatoms. The van der Waals surface area contributed by atoms with Gasteiger partial charge >= 0.3 is 0 Å². The molecule has 0 aliphatic heterocycles. The second-order valence-electron chi connectivity index (χ2n) is 6.94. The van der Waals surface area contributed by atoms with E-state index in [9.17, 15) is 4.79 Å². The predicted molar refractivity (Wildman–Crippen MR) is 66.0 cm³/mol. The van der Waals surface area contributed by atoms with Crippen molar-refractivity contribution in [2.24, 2.45) is 23.2 Å². The second kappa shape index (κ2) is 4.05. The summed E-state index contributed by atoms with van der Waals surface area (Å²) >= 11 is 0. The minimum atomic E-state index is 0.308. The average Bonchev–Trinajstić information content (AvgIpc) is 2.78. The molecule has 0 unspecified atom stereocenters. The van der Waals surface area contributed by atoms with Crippen LogP contribution in [0.25, 0.3) is 0 Å². The van der Waals surface area contributed by atoms with Gasteiger partial charge < -0.3 is 5.32 Å². The Hall–Kier alpha value is -0.530. The number of carbonyl (C=O) groups is 1. The third kappa shape index (κ3) is 2.78. The van der Waals surface area contributed by atoms with Gasteiger partial charge in [-0.3, -0.25) is 4.79 Å². The van der Waals surface area contributed by atoms with Crippen LogP contribution >= 0.6 is 0 Å². The normalized spacial score (nSPS) is 41.5. The lowest BCUT2D eigenvalue weighted by Gasteiger charge is -2.39. The number of carbonyl (C=O) groups excluding carboxylic acids is 1. The van der Waals surface area contributed by atoms with Gasteiger partial charge in [0.25, 0.3) is 0 Å². The van der Waals surface area contributed by atoms with Gasteiger partial charge in [0.15, 0.2) is 0 Å². The van der Waals surface area contributed by atoms with Crippen molar-refractivity contribution < 1.29 is 4.79 Å². The molecular formula is C14H25NO. The van der Waals surface area contributed by atoms with Crippen LogP contribution in [0.1, 0.15) is 53.4 Å². The van der Waals surface area contributed by atoms with E-state index in [1.807, 2.05) is 0 Å². The summed E-state index contributed by atoms with van der Waals surface area (Å²) in [6.07, 6.45) is 4.69. The van der Waals surface area contributed by atoms with Crippen molar-refractivity contribution in [2.45, 2.75) is 59.4 Å². The molecule has 0 bridgehead atoms. The molecule has 0 aromatic heterocycles. The molecule has 2 saturated carbocycles. The van der Waals surface area contributed by atoms with Crippen molar-refractivity contribution in [2.75, 3.05) is 0 Å². The van der Waals surface area contributed by atoms with Crippen molar-refractivity contribution in [1.82, 2.24) is 5.32 Å². The highest BCUT2D eigenvalue weighted by Gasteiger charge is 2.41. The quantitative estimate of drug-likeness (QED) is 0.766. The highest BCUT2D eigenvalue weighted by Crippen LogP contribution is 2.40. The van der Waals surface area contributed by atoms with Gasteiger partial charge in [-0.15, -0.1) is 0 Å². The number of amides is 1. The second-order valence-corrected chi connectivity index (χ2v) is 6.94. The van der Waals surface area contributed by atoms with Crippen LogP contribution in [-0.2, 0) is 4.79 Å². The van der Waals surface area contributed by atoms with Crippen LogP contribution in [0, 0.1) is 23.2 Å². The lowest BCUT2D eigenvalue weighted by molar-refractivity contribution is -0.123. The highest BCUT2D eigenvalue weighted by atomic mass is 16.2. The van der Waals surface area contributed by atoms with E-state index in [4.69, 9.17) is 0 Å². The molecule has 0 radical (unpaired) electrons. The Balaban J connectivity index is 1.87. The summed E-state index contributed by atoms with van der Waals surface area (Å²) in [5.41, 5.74) is 0.394. The lowest BCUT2D eigenvalue weighted by atomic mass is 9.70. The fourth-order valence-electron chi connectivity index (χ4n) is 3.45. The average molecular weight is 223 g/mol. The molecule has 16 heavy (non-hydrogen) atoms. The van der Waals surface area contributed by atoms with E-state index in [-0.39, 0.29) is 0 Å². The molecule has 1 amide bonds. The van der Waals surface area contributed by atoms with Crippen molar-refractivity contribution in [1.29, 1.82) is 0 Å². The Morgan fingerprint density at radius 3 is 2.31 bits per heavy atom. The van der Waals surface area contributed by atoms with E-state index < -0.39 is 0 Å². The standard InChI is InChI=1S/C14H25NO/c1-9-5-11(8-14(3,4)7-9)15-13(16)12-6-10(12)2/h9-12H,5-8H2,1-4H3,(H,15,16)/t9-,10-,11-,12-/m1/s1. The van der Waals surface area contributed by atoms with Crippen molar-refractivity contribution >= 4 is 5.91 Å². The molecule has 0 spiro atoms. The van der Waals surface area contributed by atoms with Gasteiger partial charge in [0.05, 0.1) is 0 Å². The maximum atomic E-state index is 11.9. The molecule has 1 N–H and O–H groups in total. The fourth-order valence-corrected chi connectivity index (χ4v) is 3.45. The Morgan fingerprint density at radius 2 is 1.81 bits per heavy atom. The topological polar surface area (TPSA) is 29.1 Å². The molecule has 92 valence electrons. The zero-order valence-corrected chi connectivity index (χ0v) is 11.0. The summed E-state index contributed by atoms with van der Waals surface area (Å²) in [5.74, 6) is 1.99. The largest absolute Gasteiger partial charge is 0.353 e. The zero-order valence-electron chi connectivity index (χ0n) is 11.0. The summed E-state index contributed by atoms with van der Waals surface area (Å²) in [7, 11) is 0. The minimum Gasteiger partial charge on any atom is -0.353 e. The van der Waals surface area contributed by atoms with Crippen LogP contribution in [0.3, 0.4) is 0 Å². The van der Waals surface area contributed by atoms with Gasteiger partial charge in [-0.05, 0) is 42.9 Å². The Kier molecular flexibility index (Phi) is 3.02. The lowest BCUT2D eigenvalue weighted by Crippen LogP contribution is -2.43. The van der Waals surface area contributed by atoms with Crippen LogP contribution in [0.5, 0.6) is 0 Å². The monoisotopic (exact) mass is 223 g/mol. The van der Waals surface area contributed by atoms with Crippen molar-refractivity contribution in [3.05, 3.63) is 0 Å². The van der Waals surface area contributed by atoms with Gasteiger partial charge in [-0.25, -0.2) is 0 Å². The maximum absolute atomic E-state index is 11.9. The first-order valence-corrected chi connectivity index (χ1v) is 6.68. The molecule has 2 rings (SSSR count). The smallest absolute Gasteiger partial charge is 0.223 e. The first-order valence-electron chi connectivity index (χ1n) is 6.68. The molecule has 0 heterocycles. The summed E-state index contributed by atoms with van der Waals surface area (Å²) in [6.45, 7) is 9.11. The molecular weight excluding hydrogens is 198 g/mol. The van der Waals surface area contributed by atoms with E-state index in [1.165, 1.54) is 6.42 Å². The van der Waals surface area contributed by atoms with Crippen molar-refractivity contribution in [3.8, 4) is 0 Å². The van der Waals surface area contributed by atoms with E-state index >= 15 is 0 Å². The summed E-state index contributed by atoms with van der Waals surface area (Å²) in [5, 5.41) is 3.26. The Bertz CT molecular complexity index is 284. The van der Waals surface area contributed by atoms with Gasteiger partial charge in [0, 0.05) is 12.0 Å².